The first-order valence-electron chi connectivity index (χ1n) is 9.85. The van der Waals surface area contributed by atoms with Crippen LogP contribution in [-0.2, 0) is 9.53 Å². The minimum Gasteiger partial charge on any atom is -0.453 e. The number of hydrogen-bond acceptors (Lipinski definition) is 4. The lowest BCUT2D eigenvalue weighted by Crippen LogP contribution is -2.51. The van der Waals surface area contributed by atoms with E-state index in [1.54, 1.807) is 11.1 Å². The summed E-state index contributed by atoms with van der Waals surface area (Å²) in [6, 6.07) is -0.805. The predicted octanol–water partition coefficient (Wildman–Crippen LogP) is 2.69. The Labute approximate surface area is 174 Å². The molecule has 1 aliphatic heterocycles. The number of imidazole rings is 1. The lowest BCUT2D eigenvalue weighted by molar-refractivity contribution is -0.135. The van der Waals surface area contributed by atoms with Gasteiger partial charge in [-0.3, -0.25) is 4.79 Å². The number of carbonyl (C=O) groups excluding carboxylic acids is 2. The molecule has 156 valence electrons. The Morgan fingerprint density at radius 2 is 2.07 bits per heavy atom. The number of hydrogen-bond donors (Lipinski definition) is 2. The van der Waals surface area contributed by atoms with Crippen molar-refractivity contribution in [2.24, 2.45) is 5.92 Å². The number of H-pyrrole nitrogens is 1. The van der Waals surface area contributed by atoms with Crippen molar-refractivity contribution < 1.29 is 14.3 Å². The molecule has 0 radical (unpaired) electrons. The highest BCUT2D eigenvalue weighted by molar-refractivity contribution is 6.83. The van der Waals surface area contributed by atoms with E-state index in [1.165, 1.54) is 7.11 Å². The number of amides is 2. The summed E-state index contributed by atoms with van der Waals surface area (Å²) in [5.74, 6) is 9.28. The van der Waals surface area contributed by atoms with Crippen LogP contribution in [0.5, 0.6) is 0 Å². The van der Waals surface area contributed by atoms with Crippen molar-refractivity contribution in [1.82, 2.24) is 20.2 Å². The van der Waals surface area contributed by atoms with Crippen LogP contribution in [0.25, 0.3) is 0 Å². The molecule has 2 N–H and O–H groups in total. The molecule has 29 heavy (non-hydrogen) atoms. The lowest BCUT2D eigenvalue weighted by atomic mass is 10.0. The molecule has 2 rings (SSSR count). The van der Waals surface area contributed by atoms with Crippen LogP contribution in [0.4, 0.5) is 4.79 Å². The summed E-state index contributed by atoms with van der Waals surface area (Å²) in [5, 5.41) is 2.65. The Bertz CT molecular complexity index is 864. The number of ether oxygens (including phenoxy) is 1. The van der Waals surface area contributed by atoms with Crippen LogP contribution in [0.15, 0.2) is 6.20 Å². The smallest absolute Gasteiger partial charge is 0.407 e. The molecule has 2 heterocycles. The number of nitrogens with zero attached hydrogens (tertiary/aromatic N) is 2. The molecular formula is C21H30N4O3Si. The fraction of sp³-hybridized carbons (Fsp3) is 0.571. The molecule has 2 amide bonds. The fourth-order valence-corrected chi connectivity index (χ4v) is 3.52. The van der Waals surface area contributed by atoms with Crippen LogP contribution in [0.1, 0.15) is 44.2 Å². The topological polar surface area (TPSA) is 87.3 Å². The third-order valence-corrected chi connectivity index (χ3v) is 5.41. The zero-order chi connectivity index (χ0) is 21.6. The molecule has 1 fully saturated rings. The summed E-state index contributed by atoms with van der Waals surface area (Å²) >= 11 is 0. The summed E-state index contributed by atoms with van der Waals surface area (Å²) in [6.45, 7) is 10.9. The van der Waals surface area contributed by atoms with Gasteiger partial charge in [-0.25, -0.2) is 9.78 Å². The Kier molecular flexibility index (Phi) is 7.52. The summed E-state index contributed by atoms with van der Waals surface area (Å²) in [5.41, 5.74) is 3.88. The maximum Gasteiger partial charge on any atom is 0.407 e. The predicted molar refractivity (Wildman–Crippen MR) is 114 cm³/mol. The van der Waals surface area contributed by atoms with Crippen LogP contribution < -0.4 is 5.32 Å². The monoisotopic (exact) mass is 414 g/mol. The van der Waals surface area contributed by atoms with Crippen molar-refractivity contribution in [2.45, 2.75) is 58.4 Å². The Hall–Kier alpha value is -2.71. The average Bonchev–Trinajstić information content (AvgIpc) is 3.30. The van der Waals surface area contributed by atoms with Gasteiger partial charge in [-0.1, -0.05) is 33.5 Å². The van der Waals surface area contributed by atoms with Gasteiger partial charge in [-0.2, -0.15) is 0 Å². The molecule has 0 aromatic carbocycles. The van der Waals surface area contributed by atoms with Gasteiger partial charge in [0.2, 0.25) is 5.91 Å². The van der Waals surface area contributed by atoms with Gasteiger partial charge >= 0.3 is 6.09 Å². The van der Waals surface area contributed by atoms with Gasteiger partial charge in [0.25, 0.3) is 0 Å². The molecule has 1 aromatic rings. The maximum atomic E-state index is 13.1. The molecular weight excluding hydrogens is 384 g/mol. The third kappa shape index (κ3) is 6.40. The number of carbonyl (C=O) groups is 2. The maximum absolute atomic E-state index is 13.1. The van der Waals surface area contributed by atoms with E-state index >= 15 is 0 Å². The SMILES string of the molecule is COC(=O)N[C@H](C(=O)N1CCCC1c1ncc(C#CC#C[Si](C)(C)C)[nH]1)C(C)C. The molecule has 1 aliphatic rings. The van der Waals surface area contributed by atoms with E-state index < -0.39 is 20.2 Å². The molecule has 0 bridgehead atoms. The van der Waals surface area contributed by atoms with E-state index in [0.717, 1.165) is 12.8 Å². The average molecular weight is 415 g/mol. The van der Waals surface area contributed by atoms with E-state index in [2.05, 4.69) is 63.0 Å². The van der Waals surface area contributed by atoms with Crippen molar-refractivity contribution >= 4 is 20.1 Å². The molecule has 0 saturated carbocycles. The number of nitrogens with one attached hydrogen (secondary N) is 2. The highest BCUT2D eigenvalue weighted by atomic mass is 28.3. The van der Waals surface area contributed by atoms with Crippen molar-refractivity contribution in [3.05, 3.63) is 17.7 Å². The van der Waals surface area contributed by atoms with Gasteiger partial charge in [0.1, 0.15) is 25.6 Å². The Morgan fingerprint density at radius 3 is 2.69 bits per heavy atom. The summed E-state index contributed by atoms with van der Waals surface area (Å²) < 4.78 is 4.66. The highest BCUT2D eigenvalue weighted by Crippen LogP contribution is 2.31. The van der Waals surface area contributed by atoms with Crippen LogP contribution >= 0.6 is 0 Å². The zero-order valence-electron chi connectivity index (χ0n) is 18.0. The number of rotatable bonds is 4. The summed E-state index contributed by atoms with van der Waals surface area (Å²) in [7, 11) is -0.153. The second-order valence-corrected chi connectivity index (χ2v) is 13.2. The number of methoxy groups -OCH3 is 1. The molecule has 7 nitrogen and oxygen atoms in total. The second-order valence-electron chi connectivity index (χ2n) is 8.48. The van der Waals surface area contributed by atoms with E-state index in [-0.39, 0.29) is 17.9 Å². The normalized spacial score (nSPS) is 17.1. The minimum absolute atomic E-state index is 0.0641. The van der Waals surface area contributed by atoms with Crippen LogP contribution in [0.2, 0.25) is 19.6 Å². The van der Waals surface area contributed by atoms with E-state index in [9.17, 15) is 9.59 Å². The molecule has 1 aromatic heterocycles. The fourth-order valence-electron chi connectivity index (χ4n) is 3.08. The molecule has 2 atom stereocenters. The highest BCUT2D eigenvalue weighted by Gasteiger charge is 2.37. The van der Waals surface area contributed by atoms with Crippen LogP contribution in [0.3, 0.4) is 0 Å². The standard InChI is InChI=1S/C21H30N4O3Si/c1-15(2)18(24-21(27)28-3)20(26)25-12-9-11-17(25)19-22-14-16(23-19)10-7-8-13-29(4,5)6/h14-15,17-18H,9,11-12H2,1-6H3,(H,22,23)(H,24,27)/t17?,18-/m0/s1. The van der Waals surface area contributed by atoms with Crippen LogP contribution in [0, 0.1) is 29.2 Å². The molecule has 1 unspecified atom stereocenters. The largest absolute Gasteiger partial charge is 0.453 e. The van der Waals surface area contributed by atoms with Crippen molar-refractivity contribution in [1.29, 1.82) is 0 Å². The van der Waals surface area contributed by atoms with Gasteiger partial charge in [-0.15, -0.1) is 5.54 Å². The van der Waals surface area contributed by atoms with Gasteiger partial charge in [0.05, 0.1) is 19.3 Å². The van der Waals surface area contributed by atoms with E-state index in [0.29, 0.717) is 18.1 Å². The molecule has 0 spiro atoms. The van der Waals surface area contributed by atoms with Crippen molar-refractivity contribution in [2.75, 3.05) is 13.7 Å². The minimum atomic E-state index is -1.44. The first-order chi connectivity index (χ1) is 13.6. The number of aromatic amines is 1. The number of alkyl carbamates (subject to hydrolysis) is 1. The number of likely N-dealkylation sites (tertiary alicyclic amines) is 1. The second kappa shape index (κ2) is 9.66. The van der Waals surface area contributed by atoms with Crippen molar-refractivity contribution in [3.63, 3.8) is 0 Å². The van der Waals surface area contributed by atoms with Crippen LogP contribution in [-0.4, -0.2) is 54.6 Å². The van der Waals surface area contributed by atoms with E-state index in [4.69, 9.17) is 0 Å². The molecule has 1 saturated heterocycles. The van der Waals surface area contributed by atoms with Gasteiger partial charge in [0, 0.05) is 6.54 Å². The lowest BCUT2D eigenvalue weighted by Gasteiger charge is -2.29. The van der Waals surface area contributed by atoms with Gasteiger partial charge in [-0.05, 0) is 36.5 Å². The summed E-state index contributed by atoms with van der Waals surface area (Å²) in [6.07, 6.45) is 2.75. The Balaban J connectivity index is 2.15. The number of aromatic nitrogens is 2. The van der Waals surface area contributed by atoms with Gasteiger partial charge in [0.15, 0.2) is 0 Å². The first-order valence-corrected chi connectivity index (χ1v) is 13.4. The molecule has 0 aliphatic carbocycles. The zero-order valence-corrected chi connectivity index (χ0v) is 19.0. The van der Waals surface area contributed by atoms with Crippen molar-refractivity contribution in [3.8, 4) is 23.3 Å². The quantitative estimate of drug-likeness (QED) is 0.586. The first kappa shape index (κ1) is 22.6. The van der Waals surface area contributed by atoms with E-state index in [1.807, 2.05) is 13.8 Å². The third-order valence-electron chi connectivity index (χ3n) is 4.54. The van der Waals surface area contributed by atoms with Gasteiger partial charge < -0.3 is 19.9 Å². The Morgan fingerprint density at radius 1 is 1.34 bits per heavy atom. The molecule has 8 heteroatoms. The summed E-state index contributed by atoms with van der Waals surface area (Å²) in [4.78, 5) is 34.2.